The lowest BCUT2D eigenvalue weighted by Gasteiger charge is -2.29. The second kappa shape index (κ2) is 5.33. The van der Waals surface area contributed by atoms with Crippen LogP contribution in [0.25, 0.3) is 0 Å². The summed E-state index contributed by atoms with van der Waals surface area (Å²) in [6, 6.07) is 0. The Morgan fingerprint density at radius 2 is 2.29 bits per heavy atom. The highest BCUT2D eigenvalue weighted by Crippen LogP contribution is 2.40. The molecule has 0 aromatic heterocycles. The maximum atomic E-state index is 11.4. The number of carbonyl (C=O) groups is 1. The molecular formula is C12H21NO4. The molecule has 0 aromatic rings. The van der Waals surface area contributed by atoms with Crippen molar-refractivity contribution in [2.24, 2.45) is 11.8 Å². The van der Waals surface area contributed by atoms with Crippen LogP contribution in [0.5, 0.6) is 0 Å². The molecular weight excluding hydrogens is 222 g/mol. The number of ether oxygens (including phenoxy) is 2. The second-order valence-corrected chi connectivity index (χ2v) is 5.05. The SMILES string of the molecule is CNC(COCC1CCOC1)(C(=O)O)C1CC1. The molecule has 2 fully saturated rings. The Morgan fingerprint density at radius 1 is 1.53 bits per heavy atom. The average molecular weight is 243 g/mol. The lowest BCUT2D eigenvalue weighted by atomic mass is 9.94. The van der Waals surface area contributed by atoms with E-state index in [9.17, 15) is 9.90 Å². The van der Waals surface area contributed by atoms with E-state index in [1.165, 1.54) is 0 Å². The van der Waals surface area contributed by atoms with Gasteiger partial charge in [-0.3, -0.25) is 4.79 Å². The molecule has 1 aliphatic heterocycles. The Morgan fingerprint density at radius 3 is 2.76 bits per heavy atom. The van der Waals surface area contributed by atoms with Gasteiger partial charge in [0.25, 0.3) is 0 Å². The maximum absolute atomic E-state index is 11.4. The first-order valence-electron chi connectivity index (χ1n) is 6.27. The van der Waals surface area contributed by atoms with E-state index < -0.39 is 11.5 Å². The Kier molecular flexibility index (Phi) is 4.01. The first-order chi connectivity index (χ1) is 8.19. The second-order valence-electron chi connectivity index (χ2n) is 5.05. The first-order valence-corrected chi connectivity index (χ1v) is 6.27. The lowest BCUT2D eigenvalue weighted by molar-refractivity contribution is -0.149. The summed E-state index contributed by atoms with van der Waals surface area (Å²) in [5, 5.41) is 12.3. The average Bonchev–Trinajstić information content (AvgIpc) is 3.03. The zero-order valence-corrected chi connectivity index (χ0v) is 10.3. The Labute approximate surface area is 101 Å². The molecule has 5 heteroatoms. The molecule has 98 valence electrons. The monoisotopic (exact) mass is 243 g/mol. The van der Waals surface area contributed by atoms with E-state index in [-0.39, 0.29) is 12.5 Å². The minimum Gasteiger partial charge on any atom is -0.480 e. The van der Waals surface area contributed by atoms with Gasteiger partial charge in [0.15, 0.2) is 0 Å². The van der Waals surface area contributed by atoms with Gasteiger partial charge in [0.2, 0.25) is 0 Å². The summed E-state index contributed by atoms with van der Waals surface area (Å²) in [6.45, 7) is 2.39. The molecule has 1 saturated heterocycles. The van der Waals surface area contributed by atoms with Gasteiger partial charge in [0.05, 0.1) is 19.8 Å². The van der Waals surface area contributed by atoms with E-state index in [4.69, 9.17) is 9.47 Å². The van der Waals surface area contributed by atoms with Crippen molar-refractivity contribution in [2.45, 2.75) is 24.8 Å². The summed E-state index contributed by atoms with van der Waals surface area (Å²) in [5.41, 5.74) is -0.889. The van der Waals surface area contributed by atoms with Crippen molar-refractivity contribution in [3.8, 4) is 0 Å². The third-order valence-electron chi connectivity index (χ3n) is 3.81. The zero-order valence-electron chi connectivity index (χ0n) is 10.3. The fourth-order valence-electron chi connectivity index (χ4n) is 2.41. The van der Waals surface area contributed by atoms with Crippen molar-refractivity contribution in [1.82, 2.24) is 5.32 Å². The Balaban J connectivity index is 1.82. The molecule has 5 nitrogen and oxygen atoms in total. The number of rotatable bonds is 7. The summed E-state index contributed by atoms with van der Waals surface area (Å²) in [6.07, 6.45) is 2.97. The highest BCUT2D eigenvalue weighted by atomic mass is 16.5. The molecule has 2 N–H and O–H groups in total. The summed E-state index contributed by atoms with van der Waals surface area (Å²) < 4.78 is 10.9. The minimum absolute atomic E-state index is 0.213. The molecule has 1 saturated carbocycles. The molecule has 0 radical (unpaired) electrons. The highest BCUT2D eigenvalue weighted by molar-refractivity contribution is 5.80. The van der Waals surface area contributed by atoms with Gasteiger partial charge >= 0.3 is 5.97 Å². The van der Waals surface area contributed by atoms with E-state index in [0.717, 1.165) is 32.5 Å². The van der Waals surface area contributed by atoms with Gasteiger partial charge in [0, 0.05) is 12.5 Å². The fraction of sp³-hybridized carbons (Fsp3) is 0.917. The molecule has 2 aliphatic rings. The quantitative estimate of drug-likeness (QED) is 0.681. The maximum Gasteiger partial charge on any atom is 0.326 e. The van der Waals surface area contributed by atoms with Crippen molar-refractivity contribution >= 4 is 5.97 Å². The van der Waals surface area contributed by atoms with Crippen molar-refractivity contribution in [3.63, 3.8) is 0 Å². The van der Waals surface area contributed by atoms with Gasteiger partial charge in [-0.1, -0.05) is 0 Å². The standard InChI is InChI=1S/C12H21NO4/c1-13-12(11(14)15,10-2-3-10)8-17-7-9-4-5-16-6-9/h9-10,13H,2-8H2,1H3,(H,14,15). The molecule has 0 amide bonds. The van der Waals surface area contributed by atoms with E-state index >= 15 is 0 Å². The third kappa shape index (κ3) is 2.78. The van der Waals surface area contributed by atoms with Crippen LogP contribution in [0.4, 0.5) is 0 Å². The minimum atomic E-state index is -0.889. The van der Waals surface area contributed by atoms with Crippen molar-refractivity contribution in [3.05, 3.63) is 0 Å². The van der Waals surface area contributed by atoms with Crippen LogP contribution < -0.4 is 5.32 Å². The van der Waals surface area contributed by atoms with Gasteiger partial charge in [-0.2, -0.15) is 0 Å². The van der Waals surface area contributed by atoms with Crippen LogP contribution >= 0.6 is 0 Å². The Hall–Kier alpha value is -0.650. The predicted octanol–water partition coefficient (Wildman–Crippen LogP) is 0.492. The number of carboxylic acids is 1. The number of aliphatic carboxylic acids is 1. The molecule has 0 bridgehead atoms. The molecule has 0 aromatic carbocycles. The summed E-state index contributed by atoms with van der Waals surface area (Å²) in [7, 11) is 1.70. The summed E-state index contributed by atoms with van der Waals surface area (Å²) >= 11 is 0. The third-order valence-corrected chi connectivity index (χ3v) is 3.81. The highest BCUT2D eigenvalue weighted by Gasteiger charge is 2.50. The lowest BCUT2D eigenvalue weighted by Crippen LogP contribution is -2.56. The van der Waals surface area contributed by atoms with Gasteiger partial charge in [-0.25, -0.2) is 0 Å². The van der Waals surface area contributed by atoms with Crippen LogP contribution in [-0.4, -0.2) is 50.1 Å². The molecule has 17 heavy (non-hydrogen) atoms. The molecule has 2 atom stereocenters. The summed E-state index contributed by atoms with van der Waals surface area (Å²) in [4.78, 5) is 11.4. The van der Waals surface area contributed by atoms with Crippen LogP contribution in [0.2, 0.25) is 0 Å². The van der Waals surface area contributed by atoms with E-state index in [2.05, 4.69) is 5.32 Å². The van der Waals surface area contributed by atoms with Gasteiger partial charge in [-0.15, -0.1) is 0 Å². The number of likely N-dealkylation sites (N-methyl/N-ethyl adjacent to an activating group) is 1. The Bertz CT molecular complexity index is 274. The largest absolute Gasteiger partial charge is 0.480 e. The number of carboxylic acid groups (broad SMARTS) is 1. The predicted molar refractivity (Wildman–Crippen MR) is 61.9 cm³/mol. The van der Waals surface area contributed by atoms with Gasteiger partial charge in [-0.05, 0) is 32.2 Å². The molecule has 1 aliphatic carbocycles. The molecule has 0 spiro atoms. The molecule has 2 unspecified atom stereocenters. The van der Waals surface area contributed by atoms with Crippen LogP contribution in [0.3, 0.4) is 0 Å². The van der Waals surface area contributed by atoms with Crippen molar-refractivity contribution < 1.29 is 19.4 Å². The van der Waals surface area contributed by atoms with Gasteiger partial charge < -0.3 is 19.9 Å². The van der Waals surface area contributed by atoms with E-state index in [1.54, 1.807) is 7.05 Å². The smallest absolute Gasteiger partial charge is 0.326 e. The zero-order chi connectivity index (χ0) is 12.3. The first kappa shape index (κ1) is 12.8. The fourth-order valence-corrected chi connectivity index (χ4v) is 2.41. The van der Waals surface area contributed by atoms with Crippen molar-refractivity contribution in [2.75, 3.05) is 33.5 Å². The normalized spacial score (nSPS) is 27.9. The van der Waals surface area contributed by atoms with Crippen LogP contribution in [0.1, 0.15) is 19.3 Å². The summed E-state index contributed by atoms with van der Waals surface area (Å²) in [5.74, 6) is -0.160. The number of hydrogen-bond acceptors (Lipinski definition) is 4. The van der Waals surface area contributed by atoms with Crippen LogP contribution in [0.15, 0.2) is 0 Å². The van der Waals surface area contributed by atoms with Gasteiger partial charge in [0.1, 0.15) is 5.54 Å². The van der Waals surface area contributed by atoms with E-state index in [1.807, 2.05) is 0 Å². The molecule has 1 heterocycles. The van der Waals surface area contributed by atoms with Crippen LogP contribution in [-0.2, 0) is 14.3 Å². The number of nitrogens with one attached hydrogen (secondary N) is 1. The number of hydrogen-bond donors (Lipinski definition) is 2. The van der Waals surface area contributed by atoms with Crippen molar-refractivity contribution in [1.29, 1.82) is 0 Å². The topological polar surface area (TPSA) is 67.8 Å². The van der Waals surface area contributed by atoms with E-state index in [0.29, 0.717) is 12.5 Å². The molecule has 2 rings (SSSR count). The van der Waals surface area contributed by atoms with Crippen LogP contribution in [0, 0.1) is 11.8 Å².